The highest BCUT2D eigenvalue weighted by Gasteiger charge is 2.19. The van der Waals surface area contributed by atoms with E-state index in [9.17, 15) is 4.79 Å². The summed E-state index contributed by atoms with van der Waals surface area (Å²) in [6.07, 6.45) is 1.70. The molecule has 0 aliphatic carbocycles. The average Bonchev–Trinajstić information content (AvgIpc) is 3.30. The fourth-order valence-corrected chi connectivity index (χ4v) is 4.55. The van der Waals surface area contributed by atoms with Gasteiger partial charge >= 0.3 is 0 Å². The number of thioether (sulfide) groups is 1. The van der Waals surface area contributed by atoms with E-state index in [4.69, 9.17) is 0 Å². The molecule has 0 fully saturated rings. The Bertz CT molecular complexity index is 1180. The molecule has 29 heavy (non-hydrogen) atoms. The highest BCUT2D eigenvalue weighted by atomic mass is 32.2. The maximum absolute atomic E-state index is 12.8. The van der Waals surface area contributed by atoms with Crippen LogP contribution in [0.2, 0.25) is 0 Å². The van der Waals surface area contributed by atoms with Crippen molar-refractivity contribution < 1.29 is 4.79 Å². The van der Waals surface area contributed by atoms with E-state index in [1.807, 2.05) is 17.6 Å². The van der Waals surface area contributed by atoms with Crippen molar-refractivity contribution in [2.75, 3.05) is 5.32 Å². The van der Waals surface area contributed by atoms with E-state index in [0.29, 0.717) is 0 Å². The van der Waals surface area contributed by atoms with E-state index in [-0.39, 0.29) is 17.2 Å². The molecule has 6 nitrogen and oxygen atoms in total. The normalized spacial score (nSPS) is 12.7. The number of nitrogens with zero attached hydrogens (tertiary/aromatic N) is 4. The van der Waals surface area contributed by atoms with E-state index >= 15 is 0 Å². The van der Waals surface area contributed by atoms with Gasteiger partial charge < -0.3 is 14.5 Å². The van der Waals surface area contributed by atoms with Crippen LogP contribution in [0.25, 0.3) is 21.8 Å². The maximum atomic E-state index is 12.8. The number of para-hydroxylation sites is 1. The molecule has 2 heterocycles. The minimum Gasteiger partial charge on any atom is -0.341 e. The maximum Gasteiger partial charge on any atom is 0.237 e. The summed E-state index contributed by atoms with van der Waals surface area (Å²) in [5.74, 6) is -0.0492. The molecule has 1 amide bonds. The first kappa shape index (κ1) is 19.5. The van der Waals surface area contributed by atoms with Gasteiger partial charge in [-0.15, -0.1) is 10.2 Å². The zero-order valence-corrected chi connectivity index (χ0v) is 17.9. The first-order chi connectivity index (χ1) is 14.0. The second kappa shape index (κ2) is 7.91. The largest absolute Gasteiger partial charge is 0.341 e. The number of anilines is 1. The smallest absolute Gasteiger partial charge is 0.237 e. The third kappa shape index (κ3) is 3.62. The van der Waals surface area contributed by atoms with Crippen molar-refractivity contribution in [3.8, 4) is 0 Å². The van der Waals surface area contributed by atoms with Crippen LogP contribution in [-0.2, 0) is 11.3 Å². The average molecular weight is 408 g/mol. The molecule has 1 atom stereocenters. The number of aryl methyl sites for hydroxylation is 1. The summed E-state index contributed by atoms with van der Waals surface area (Å²) in [5, 5.41) is 14.0. The van der Waals surface area contributed by atoms with Crippen LogP contribution in [-0.4, -0.2) is 30.5 Å². The highest BCUT2D eigenvalue weighted by molar-refractivity contribution is 8.00. The van der Waals surface area contributed by atoms with Crippen LogP contribution < -0.4 is 5.32 Å². The molecule has 2 aromatic heterocycles. The third-order valence-electron chi connectivity index (χ3n) is 5.10. The molecule has 4 rings (SSSR count). The van der Waals surface area contributed by atoms with Gasteiger partial charge in [0.05, 0.1) is 5.25 Å². The van der Waals surface area contributed by atoms with Crippen LogP contribution in [0.1, 0.15) is 33.7 Å². The number of rotatable bonds is 6. The third-order valence-corrected chi connectivity index (χ3v) is 6.18. The lowest BCUT2D eigenvalue weighted by Gasteiger charge is -2.14. The first-order valence-corrected chi connectivity index (χ1v) is 10.8. The molecule has 0 saturated carbocycles. The number of benzene rings is 2. The number of nitrogens with one attached hydrogen (secondary N) is 1. The molecule has 0 bridgehead atoms. The Balaban J connectivity index is 1.58. The molecule has 7 heteroatoms. The van der Waals surface area contributed by atoms with Crippen molar-refractivity contribution in [2.24, 2.45) is 0 Å². The van der Waals surface area contributed by atoms with Gasteiger partial charge in [0.25, 0.3) is 0 Å². The summed E-state index contributed by atoms with van der Waals surface area (Å²) in [6, 6.07) is 14.8. The molecule has 0 saturated heterocycles. The van der Waals surface area contributed by atoms with Crippen LogP contribution in [0.3, 0.4) is 0 Å². The molecule has 1 N–H and O–H groups in total. The summed E-state index contributed by atoms with van der Waals surface area (Å²) in [5.41, 5.74) is 3.20. The summed E-state index contributed by atoms with van der Waals surface area (Å²) < 4.78 is 4.27. The SMILES string of the molecule is CCn1c2ccccc2c2cc(NC(=O)C(C)Sc3nncn3C(C)C)ccc21. The predicted octanol–water partition coefficient (Wildman–Crippen LogP) is 5.11. The number of hydrogen-bond acceptors (Lipinski definition) is 4. The van der Waals surface area contributed by atoms with E-state index in [0.717, 1.165) is 22.8 Å². The molecule has 4 aromatic rings. The van der Waals surface area contributed by atoms with Crippen molar-refractivity contribution in [1.29, 1.82) is 0 Å². The molecule has 150 valence electrons. The van der Waals surface area contributed by atoms with E-state index < -0.39 is 0 Å². The van der Waals surface area contributed by atoms with Gasteiger partial charge in [0.2, 0.25) is 5.91 Å². The Labute approximate surface area is 174 Å². The zero-order valence-electron chi connectivity index (χ0n) is 17.1. The lowest BCUT2D eigenvalue weighted by Crippen LogP contribution is -2.23. The van der Waals surface area contributed by atoms with E-state index in [1.165, 1.54) is 28.2 Å². The number of carbonyl (C=O) groups excluding carboxylic acids is 1. The minimum absolute atomic E-state index is 0.0492. The molecule has 0 spiro atoms. The van der Waals surface area contributed by atoms with E-state index in [1.54, 1.807) is 6.33 Å². The van der Waals surface area contributed by atoms with Crippen LogP contribution >= 0.6 is 11.8 Å². The fourth-order valence-electron chi connectivity index (χ4n) is 3.60. The number of fused-ring (bicyclic) bond motifs is 3. The van der Waals surface area contributed by atoms with Crippen LogP contribution in [0.15, 0.2) is 53.9 Å². The number of amides is 1. The Hall–Kier alpha value is -2.80. The fraction of sp³-hybridized carbons (Fsp3) is 0.318. The predicted molar refractivity (Wildman–Crippen MR) is 119 cm³/mol. The second-order valence-corrected chi connectivity index (χ2v) is 8.67. The molecular formula is C22H25N5OS. The van der Waals surface area contributed by atoms with Gasteiger partial charge in [0, 0.05) is 40.1 Å². The Morgan fingerprint density at radius 2 is 1.86 bits per heavy atom. The molecule has 1 unspecified atom stereocenters. The molecular weight excluding hydrogens is 382 g/mol. The van der Waals surface area contributed by atoms with Crippen molar-refractivity contribution >= 4 is 45.2 Å². The first-order valence-electron chi connectivity index (χ1n) is 9.87. The number of carbonyl (C=O) groups is 1. The lowest BCUT2D eigenvalue weighted by atomic mass is 10.1. The minimum atomic E-state index is -0.288. The van der Waals surface area contributed by atoms with Crippen LogP contribution in [0, 0.1) is 0 Å². The Kier molecular flexibility index (Phi) is 5.32. The van der Waals surface area contributed by atoms with Crippen molar-refractivity contribution in [1.82, 2.24) is 19.3 Å². The van der Waals surface area contributed by atoms with E-state index in [2.05, 4.69) is 77.3 Å². The second-order valence-electron chi connectivity index (χ2n) is 7.36. The Morgan fingerprint density at radius 3 is 2.62 bits per heavy atom. The standard InChI is InChI=1S/C22H25N5OS/c1-5-26-19-9-7-6-8-17(19)18-12-16(10-11-20(18)26)24-21(28)15(4)29-22-25-23-13-27(22)14(2)3/h6-15H,5H2,1-4H3,(H,24,28). The van der Waals surface area contributed by atoms with Crippen LogP contribution in [0.5, 0.6) is 0 Å². The van der Waals surface area contributed by atoms with Gasteiger partial charge in [-0.1, -0.05) is 30.0 Å². The lowest BCUT2D eigenvalue weighted by molar-refractivity contribution is -0.115. The van der Waals surface area contributed by atoms with Gasteiger partial charge in [-0.3, -0.25) is 4.79 Å². The zero-order chi connectivity index (χ0) is 20.5. The monoisotopic (exact) mass is 407 g/mol. The van der Waals surface area contributed by atoms with Gasteiger partial charge in [-0.2, -0.15) is 0 Å². The summed E-state index contributed by atoms with van der Waals surface area (Å²) in [6.45, 7) is 9.08. The molecule has 0 radical (unpaired) electrons. The summed E-state index contributed by atoms with van der Waals surface area (Å²) >= 11 is 1.42. The summed E-state index contributed by atoms with van der Waals surface area (Å²) in [7, 11) is 0. The topological polar surface area (TPSA) is 64.7 Å². The van der Waals surface area contributed by atoms with Crippen LogP contribution in [0.4, 0.5) is 5.69 Å². The van der Waals surface area contributed by atoms with Gasteiger partial charge in [-0.05, 0) is 52.0 Å². The van der Waals surface area contributed by atoms with Gasteiger partial charge in [-0.25, -0.2) is 0 Å². The van der Waals surface area contributed by atoms with Gasteiger partial charge in [0.15, 0.2) is 5.16 Å². The molecule has 0 aliphatic rings. The Morgan fingerprint density at radius 1 is 1.10 bits per heavy atom. The van der Waals surface area contributed by atoms with Crippen molar-refractivity contribution in [3.63, 3.8) is 0 Å². The van der Waals surface area contributed by atoms with Crippen molar-refractivity contribution in [2.45, 2.75) is 50.7 Å². The number of aromatic nitrogens is 4. The molecule has 0 aliphatic heterocycles. The summed E-state index contributed by atoms with van der Waals surface area (Å²) in [4.78, 5) is 12.8. The highest BCUT2D eigenvalue weighted by Crippen LogP contribution is 2.31. The van der Waals surface area contributed by atoms with Gasteiger partial charge in [0.1, 0.15) is 6.33 Å². The number of hydrogen-bond donors (Lipinski definition) is 1. The molecule has 2 aromatic carbocycles. The van der Waals surface area contributed by atoms with Crippen molar-refractivity contribution in [3.05, 3.63) is 48.8 Å². The quantitative estimate of drug-likeness (QED) is 0.451.